The third-order valence-electron chi connectivity index (χ3n) is 2.57. The molecule has 7 heteroatoms. The van der Waals surface area contributed by atoms with E-state index in [1.165, 1.54) is 4.90 Å². The van der Waals surface area contributed by atoms with Gasteiger partial charge in [-0.25, -0.2) is 14.6 Å². The predicted octanol–water partition coefficient (Wildman–Crippen LogP) is 0.349. The average molecular weight is 273 g/mol. The molecule has 0 heterocycles. The van der Waals surface area contributed by atoms with Crippen LogP contribution in [0.25, 0.3) is 0 Å². The molecule has 0 saturated carbocycles. The number of amides is 1. The lowest BCUT2D eigenvalue weighted by atomic mass is 10.1. The average Bonchev–Trinajstić information content (AvgIpc) is 2.38. The number of hydrogen-bond acceptors (Lipinski definition) is 4. The van der Waals surface area contributed by atoms with Crippen LogP contribution in [0, 0.1) is 0 Å². The first kappa shape index (κ1) is 15.5. The Hall–Kier alpha value is -1.57. The van der Waals surface area contributed by atoms with Crippen LogP contribution in [0.2, 0.25) is 0 Å². The minimum absolute atomic E-state index is 0.176. The van der Waals surface area contributed by atoms with Crippen LogP contribution in [-0.2, 0) is 6.54 Å². The van der Waals surface area contributed by atoms with Gasteiger partial charge in [0, 0.05) is 18.7 Å². The van der Waals surface area contributed by atoms with Crippen molar-refractivity contribution in [1.82, 2.24) is 10.3 Å². The van der Waals surface area contributed by atoms with Gasteiger partial charge < -0.3 is 5.11 Å². The Morgan fingerprint density at radius 3 is 2.47 bits per heavy atom. The number of carbonyl (C=O) groups is 1. The Bertz CT molecular complexity index is 398. The minimum atomic E-state index is -2.45. The molecule has 19 heavy (non-hydrogen) atoms. The van der Waals surface area contributed by atoms with Crippen molar-refractivity contribution in [2.75, 3.05) is 19.7 Å². The van der Waals surface area contributed by atoms with Crippen LogP contribution in [-0.4, -0.2) is 42.0 Å². The lowest BCUT2D eigenvalue weighted by Crippen LogP contribution is -2.31. The van der Waals surface area contributed by atoms with Crippen LogP contribution in [0.3, 0.4) is 0 Å². The van der Waals surface area contributed by atoms with E-state index in [4.69, 9.17) is 10.9 Å². The highest BCUT2D eigenvalue weighted by molar-refractivity contribution is 5.93. The smallest absolute Gasteiger partial charge is 0.265 e. The third-order valence-corrected chi connectivity index (χ3v) is 2.57. The molecule has 0 spiro atoms. The number of carbonyl (C=O) groups excluding carboxylic acids is 1. The topological polar surface area (TPSA) is 78.6 Å². The fourth-order valence-corrected chi connectivity index (χ4v) is 1.67. The number of nitrogen functional groups attached to an aromatic ring is 1. The normalized spacial score (nSPS) is 11.1. The number of rotatable bonds is 7. The summed E-state index contributed by atoms with van der Waals surface area (Å²) in [5.41, 5.74) is 3.18. The van der Waals surface area contributed by atoms with Crippen molar-refractivity contribution < 1.29 is 18.7 Å². The molecule has 0 atom stereocenters. The van der Waals surface area contributed by atoms with Gasteiger partial charge in [-0.05, 0) is 17.7 Å². The van der Waals surface area contributed by atoms with E-state index < -0.39 is 18.9 Å². The number of nitrogens with two attached hydrogens (primary N) is 1. The fraction of sp³-hybridized carbons (Fsp3) is 0.417. The number of halogens is 2. The van der Waals surface area contributed by atoms with Crippen molar-refractivity contribution in [2.45, 2.75) is 13.0 Å². The maximum absolute atomic E-state index is 12.3. The van der Waals surface area contributed by atoms with Crippen LogP contribution in [0.1, 0.15) is 15.9 Å². The molecule has 5 nitrogen and oxygen atoms in total. The van der Waals surface area contributed by atoms with E-state index in [9.17, 15) is 13.6 Å². The zero-order valence-corrected chi connectivity index (χ0v) is 10.4. The summed E-state index contributed by atoms with van der Waals surface area (Å²) in [6.07, 6.45) is -2.45. The Balaban J connectivity index is 2.66. The molecular weight excluding hydrogens is 256 g/mol. The second kappa shape index (κ2) is 7.78. The fourth-order valence-electron chi connectivity index (χ4n) is 1.67. The Morgan fingerprint density at radius 2 is 2.00 bits per heavy atom. The van der Waals surface area contributed by atoms with Crippen molar-refractivity contribution in [3.05, 3.63) is 35.4 Å². The van der Waals surface area contributed by atoms with E-state index in [0.29, 0.717) is 5.56 Å². The van der Waals surface area contributed by atoms with E-state index in [-0.39, 0.29) is 19.7 Å². The van der Waals surface area contributed by atoms with Crippen LogP contribution in [0.15, 0.2) is 24.3 Å². The van der Waals surface area contributed by atoms with Gasteiger partial charge in [0.15, 0.2) is 0 Å². The highest BCUT2D eigenvalue weighted by atomic mass is 19.3. The summed E-state index contributed by atoms with van der Waals surface area (Å²) in [4.78, 5) is 12.7. The van der Waals surface area contributed by atoms with E-state index in [0.717, 1.165) is 5.56 Å². The number of hydrazine groups is 1. The molecule has 0 aliphatic carbocycles. The van der Waals surface area contributed by atoms with Crippen molar-refractivity contribution in [3.8, 4) is 0 Å². The van der Waals surface area contributed by atoms with Crippen LogP contribution >= 0.6 is 0 Å². The van der Waals surface area contributed by atoms with Crippen molar-refractivity contribution in [1.29, 1.82) is 0 Å². The van der Waals surface area contributed by atoms with Crippen molar-refractivity contribution >= 4 is 5.91 Å². The van der Waals surface area contributed by atoms with E-state index in [1.54, 1.807) is 24.3 Å². The number of benzene rings is 1. The largest absolute Gasteiger partial charge is 0.395 e. The summed E-state index contributed by atoms with van der Waals surface area (Å²) in [6, 6.07) is 6.47. The van der Waals surface area contributed by atoms with Gasteiger partial charge in [0.2, 0.25) is 0 Å². The standard InChI is InChI=1S/C12H17F2N3O2/c13-11(14)8-17(5-6-18)7-9-1-3-10(4-2-9)12(19)16-15/h1-4,11,18H,5-8,15H2,(H,16,19). The molecule has 0 saturated heterocycles. The number of aliphatic hydroxyl groups is 1. The monoisotopic (exact) mass is 273 g/mol. The molecule has 0 radical (unpaired) electrons. The van der Waals surface area contributed by atoms with Crippen LogP contribution < -0.4 is 11.3 Å². The summed E-state index contributed by atoms with van der Waals surface area (Å²) in [5, 5.41) is 8.82. The predicted molar refractivity (Wildman–Crippen MR) is 66.5 cm³/mol. The highest BCUT2D eigenvalue weighted by Crippen LogP contribution is 2.09. The molecule has 0 fully saturated rings. The molecule has 1 rings (SSSR count). The molecule has 0 aromatic heterocycles. The Kier molecular flexibility index (Phi) is 6.34. The maximum Gasteiger partial charge on any atom is 0.265 e. The number of nitrogens with zero attached hydrogens (tertiary/aromatic N) is 1. The first-order valence-corrected chi connectivity index (χ1v) is 5.78. The number of nitrogens with one attached hydrogen (secondary N) is 1. The van der Waals surface area contributed by atoms with Gasteiger partial charge in [-0.1, -0.05) is 12.1 Å². The lowest BCUT2D eigenvalue weighted by molar-refractivity contribution is 0.0746. The highest BCUT2D eigenvalue weighted by Gasteiger charge is 2.12. The lowest BCUT2D eigenvalue weighted by Gasteiger charge is -2.20. The molecule has 1 aromatic carbocycles. The van der Waals surface area contributed by atoms with Crippen molar-refractivity contribution in [2.24, 2.45) is 5.84 Å². The quantitative estimate of drug-likeness (QED) is 0.380. The zero-order valence-electron chi connectivity index (χ0n) is 10.4. The van der Waals surface area contributed by atoms with Crippen molar-refractivity contribution in [3.63, 3.8) is 0 Å². The summed E-state index contributed by atoms with van der Waals surface area (Å²) >= 11 is 0. The van der Waals surface area contributed by atoms with Gasteiger partial charge in [0.1, 0.15) is 0 Å². The van der Waals surface area contributed by atoms with E-state index >= 15 is 0 Å². The molecule has 106 valence electrons. The molecule has 1 amide bonds. The summed E-state index contributed by atoms with van der Waals surface area (Å²) in [6.45, 7) is -0.114. The summed E-state index contributed by atoms with van der Waals surface area (Å²) in [7, 11) is 0. The summed E-state index contributed by atoms with van der Waals surface area (Å²) in [5.74, 6) is 4.59. The van der Waals surface area contributed by atoms with E-state index in [2.05, 4.69) is 0 Å². The minimum Gasteiger partial charge on any atom is -0.395 e. The Labute approximate surface area is 110 Å². The number of aliphatic hydroxyl groups excluding tert-OH is 1. The zero-order chi connectivity index (χ0) is 14.3. The second-order valence-corrected chi connectivity index (χ2v) is 4.02. The van der Waals surface area contributed by atoms with Gasteiger partial charge in [0.05, 0.1) is 13.2 Å². The molecule has 0 aliphatic heterocycles. The molecule has 1 aromatic rings. The Morgan fingerprint density at radius 1 is 1.37 bits per heavy atom. The first-order chi connectivity index (χ1) is 9.06. The maximum atomic E-state index is 12.3. The third kappa shape index (κ3) is 5.29. The van der Waals surface area contributed by atoms with Crippen LogP contribution in [0.4, 0.5) is 8.78 Å². The molecular formula is C12H17F2N3O2. The van der Waals surface area contributed by atoms with Gasteiger partial charge >= 0.3 is 0 Å². The molecule has 0 aliphatic rings. The van der Waals surface area contributed by atoms with Gasteiger partial charge in [0.25, 0.3) is 12.3 Å². The number of hydrogen-bond donors (Lipinski definition) is 3. The van der Waals surface area contributed by atoms with E-state index in [1.807, 2.05) is 5.43 Å². The summed E-state index contributed by atoms with van der Waals surface area (Å²) < 4.78 is 24.7. The van der Waals surface area contributed by atoms with Crippen LogP contribution in [0.5, 0.6) is 0 Å². The SMILES string of the molecule is NNC(=O)c1ccc(CN(CCO)CC(F)F)cc1. The first-order valence-electron chi connectivity index (χ1n) is 5.78. The van der Waals surface area contributed by atoms with Gasteiger partial charge in [-0.3, -0.25) is 15.1 Å². The van der Waals surface area contributed by atoms with Gasteiger partial charge in [-0.2, -0.15) is 0 Å². The second-order valence-electron chi connectivity index (χ2n) is 4.02. The molecule has 0 unspecified atom stereocenters. The van der Waals surface area contributed by atoms with Gasteiger partial charge in [-0.15, -0.1) is 0 Å². The molecule has 4 N–H and O–H groups in total. The molecule has 0 bridgehead atoms. The number of alkyl halides is 2.